The lowest BCUT2D eigenvalue weighted by Gasteiger charge is -2.33. The van der Waals surface area contributed by atoms with Gasteiger partial charge in [0, 0.05) is 18.6 Å². The van der Waals surface area contributed by atoms with Crippen LogP contribution in [0.2, 0.25) is 0 Å². The Morgan fingerprint density at radius 1 is 1.43 bits per heavy atom. The van der Waals surface area contributed by atoms with Crippen LogP contribution in [0.4, 0.5) is 0 Å². The molecule has 2 heteroatoms. The van der Waals surface area contributed by atoms with Crippen LogP contribution in [0.25, 0.3) is 0 Å². The summed E-state index contributed by atoms with van der Waals surface area (Å²) in [6.07, 6.45) is 3.68. The number of rotatable bonds is 3. The fourth-order valence-corrected chi connectivity index (χ4v) is 2.85. The van der Waals surface area contributed by atoms with Crippen LogP contribution < -0.4 is 0 Å². The van der Waals surface area contributed by atoms with Crippen molar-refractivity contribution in [3.8, 4) is 0 Å². The van der Waals surface area contributed by atoms with E-state index in [0.29, 0.717) is 11.5 Å². The lowest BCUT2D eigenvalue weighted by atomic mass is 9.97. The highest BCUT2D eigenvalue weighted by Gasteiger charge is 2.39. The number of β-amino-alcohol motifs (C(OH)–C–C–N with tert-alkyl or cyclic N) is 1. The second-order valence-corrected chi connectivity index (χ2v) is 5.93. The summed E-state index contributed by atoms with van der Waals surface area (Å²) in [4.78, 5) is 2.47. The number of aliphatic hydroxyl groups is 1. The van der Waals surface area contributed by atoms with Gasteiger partial charge in [-0.2, -0.15) is 0 Å². The molecule has 0 aromatic heterocycles. The molecule has 0 bridgehead atoms. The average molecular weight is 197 g/mol. The standard InChI is InChI=1S/C12H23NO/c1-9-6-12(2,3)13(7-9)8-11(14)10-4-5-10/h9-11,14H,4-8H2,1-3H3. The maximum Gasteiger partial charge on any atom is 0.0695 e. The van der Waals surface area contributed by atoms with Crippen molar-refractivity contribution in [1.29, 1.82) is 0 Å². The summed E-state index contributed by atoms with van der Waals surface area (Å²) in [5.41, 5.74) is 0.301. The molecular formula is C12H23NO. The van der Waals surface area contributed by atoms with Crippen LogP contribution in [-0.4, -0.2) is 34.7 Å². The van der Waals surface area contributed by atoms with Crippen LogP contribution in [0.5, 0.6) is 0 Å². The molecule has 0 amide bonds. The molecule has 2 atom stereocenters. The van der Waals surface area contributed by atoms with Crippen molar-refractivity contribution < 1.29 is 5.11 Å². The zero-order valence-electron chi connectivity index (χ0n) is 9.66. The van der Waals surface area contributed by atoms with Gasteiger partial charge in [0.15, 0.2) is 0 Å². The summed E-state index contributed by atoms with van der Waals surface area (Å²) >= 11 is 0. The Hall–Kier alpha value is -0.0800. The smallest absolute Gasteiger partial charge is 0.0695 e. The predicted octanol–water partition coefficient (Wildman–Crippen LogP) is 1.88. The van der Waals surface area contributed by atoms with Crippen LogP contribution in [0.3, 0.4) is 0 Å². The van der Waals surface area contributed by atoms with Gasteiger partial charge in [-0.1, -0.05) is 6.92 Å². The van der Waals surface area contributed by atoms with Crippen molar-refractivity contribution in [2.24, 2.45) is 11.8 Å². The minimum absolute atomic E-state index is 0.0698. The van der Waals surface area contributed by atoms with E-state index in [1.54, 1.807) is 0 Å². The first kappa shape index (κ1) is 10.4. The third-order valence-electron chi connectivity index (χ3n) is 3.81. The maximum atomic E-state index is 9.93. The molecule has 0 radical (unpaired) electrons. The Bertz CT molecular complexity index is 210. The first-order valence-electron chi connectivity index (χ1n) is 5.92. The van der Waals surface area contributed by atoms with E-state index in [4.69, 9.17) is 0 Å². The zero-order chi connectivity index (χ0) is 10.3. The SMILES string of the molecule is CC1CN(CC(O)C2CC2)C(C)(C)C1. The quantitative estimate of drug-likeness (QED) is 0.746. The summed E-state index contributed by atoms with van der Waals surface area (Å²) in [7, 11) is 0. The van der Waals surface area contributed by atoms with Crippen molar-refractivity contribution in [2.75, 3.05) is 13.1 Å². The van der Waals surface area contributed by atoms with Crippen LogP contribution in [0.15, 0.2) is 0 Å². The minimum Gasteiger partial charge on any atom is -0.392 e. The van der Waals surface area contributed by atoms with E-state index in [0.717, 1.165) is 19.0 Å². The lowest BCUT2D eigenvalue weighted by molar-refractivity contribution is 0.0647. The van der Waals surface area contributed by atoms with E-state index >= 15 is 0 Å². The molecule has 2 aliphatic rings. The van der Waals surface area contributed by atoms with Crippen molar-refractivity contribution >= 4 is 0 Å². The topological polar surface area (TPSA) is 23.5 Å². The van der Waals surface area contributed by atoms with E-state index < -0.39 is 0 Å². The minimum atomic E-state index is -0.0698. The first-order chi connectivity index (χ1) is 6.49. The molecule has 0 aromatic carbocycles. The Morgan fingerprint density at radius 2 is 2.07 bits per heavy atom. The van der Waals surface area contributed by atoms with Gasteiger partial charge in [-0.25, -0.2) is 0 Å². The van der Waals surface area contributed by atoms with Gasteiger partial charge >= 0.3 is 0 Å². The molecule has 0 spiro atoms. The van der Waals surface area contributed by atoms with Gasteiger partial charge in [-0.3, -0.25) is 4.90 Å². The van der Waals surface area contributed by atoms with Gasteiger partial charge in [0.05, 0.1) is 6.10 Å². The van der Waals surface area contributed by atoms with E-state index in [-0.39, 0.29) is 6.10 Å². The van der Waals surface area contributed by atoms with Gasteiger partial charge < -0.3 is 5.11 Å². The molecule has 1 saturated carbocycles. The first-order valence-corrected chi connectivity index (χ1v) is 5.92. The molecule has 1 saturated heterocycles. The molecule has 2 unspecified atom stereocenters. The fraction of sp³-hybridized carbons (Fsp3) is 1.00. The van der Waals surface area contributed by atoms with E-state index in [1.165, 1.54) is 19.3 Å². The van der Waals surface area contributed by atoms with Crippen LogP contribution in [-0.2, 0) is 0 Å². The Labute approximate surface area is 87.3 Å². The van der Waals surface area contributed by atoms with E-state index in [2.05, 4.69) is 25.7 Å². The third-order valence-corrected chi connectivity index (χ3v) is 3.81. The third kappa shape index (κ3) is 2.12. The molecule has 0 aromatic rings. The van der Waals surface area contributed by atoms with E-state index in [1.807, 2.05) is 0 Å². The monoisotopic (exact) mass is 197 g/mol. The number of likely N-dealkylation sites (tertiary alicyclic amines) is 1. The van der Waals surface area contributed by atoms with Crippen LogP contribution in [0.1, 0.15) is 40.0 Å². The van der Waals surface area contributed by atoms with E-state index in [9.17, 15) is 5.11 Å². The highest BCUT2D eigenvalue weighted by atomic mass is 16.3. The highest BCUT2D eigenvalue weighted by molar-refractivity contribution is 4.94. The molecule has 2 rings (SSSR count). The van der Waals surface area contributed by atoms with Gasteiger partial charge in [0.25, 0.3) is 0 Å². The van der Waals surface area contributed by atoms with Crippen molar-refractivity contribution in [3.05, 3.63) is 0 Å². The van der Waals surface area contributed by atoms with Gasteiger partial charge in [-0.15, -0.1) is 0 Å². The molecule has 2 nitrogen and oxygen atoms in total. The van der Waals surface area contributed by atoms with Crippen LogP contribution in [0, 0.1) is 11.8 Å². The molecular weight excluding hydrogens is 174 g/mol. The van der Waals surface area contributed by atoms with Crippen molar-refractivity contribution in [2.45, 2.75) is 51.7 Å². The molecule has 14 heavy (non-hydrogen) atoms. The predicted molar refractivity (Wildman–Crippen MR) is 58.2 cm³/mol. The van der Waals surface area contributed by atoms with Crippen molar-refractivity contribution in [1.82, 2.24) is 4.90 Å². The summed E-state index contributed by atoms with van der Waals surface area (Å²) in [5.74, 6) is 1.40. The molecule has 82 valence electrons. The Kier molecular flexibility index (Phi) is 2.61. The number of aliphatic hydroxyl groups excluding tert-OH is 1. The Balaban J connectivity index is 1.89. The highest BCUT2D eigenvalue weighted by Crippen LogP contribution is 2.37. The molecule has 1 aliphatic carbocycles. The Morgan fingerprint density at radius 3 is 2.50 bits per heavy atom. The van der Waals surface area contributed by atoms with Gasteiger partial charge in [-0.05, 0) is 44.9 Å². The second kappa shape index (κ2) is 3.49. The lowest BCUT2D eigenvalue weighted by Crippen LogP contribution is -2.43. The summed E-state index contributed by atoms with van der Waals surface area (Å²) in [6, 6.07) is 0. The molecule has 1 aliphatic heterocycles. The second-order valence-electron chi connectivity index (χ2n) is 5.93. The van der Waals surface area contributed by atoms with Crippen molar-refractivity contribution in [3.63, 3.8) is 0 Å². The number of hydrogen-bond acceptors (Lipinski definition) is 2. The van der Waals surface area contributed by atoms with Gasteiger partial charge in [0.2, 0.25) is 0 Å². The van der Waals surface area contributed by atoms with Gasteiger partial charge in [0.1, 0.15) is 0 Å². The molecule has 1 N–H and O–H groups in total. The average Bonchev–Trinajstić information content (AvgIpc) is 2.80. The summed E-state index contributed by atoms with van der Waals surface area (Å²) < 4.78 is 0. The largest absolute Gasteiger partial charge is 0.392 e. The number of hydrogen-bond donors (Lipinski definition) is 1. The fourth-order valence-electron chi connectivity index (χ4n) is 2.85. The maximum absolute atomic E-state index is 9.93. The normalized spacial score (nSPS) is 34.7. The van der Waals surface area contributed by atoms with Crippen LogP contribution >= 0.6 is 0 Å². The molecule has 1 heterocycles. The summed E-state index contributed by atoms with van der Waals surface area (Å²) in [5, 5.41) is 9.93. The number of nitrogens with zero attached hydrogens (tertiary/aromatic N) is 1. The zero-order valence-corrected chi connectivity index (χ0v) is 9.66. The molecule has 2 fully saturated rings. The summed E-state index contributed by atoms with van der Waals surface area (Å²) in [6.45, 7) is 8.97.